The number of piperidine rings is 2. The minimum absolute atomic E-state index is 0.0417. The number of nitrogens with one attached hydrogen (secondary N) is 4. The molecular weight excluding hydrogens is 862 g/mol. The molecule has 0 amide bonds. The monoisotopic (exact) mass is 904 g/mol. The maximum absolute atomic E-state index is 14.5. The molecule has 0 radical (unpaired) electrons. The number of pyridine rings is 2. The first kappa shape index (κ1) is 43.5. The molecule has 0 aliphatic carbocycles. The number of hydrogen-bond acceptors (Lipinski definition) is 12. The van der Waals surface area contributed by atoms with Crippen LogP contribution in [-0.4, -0.2) is 115 Å². The number of fused-ring (bicyclic) bond motifs is 2. The van der Waals surface area contributed by atoms with E-state index in [0.717, 1.165) is 42.4 Å². The van der Waals surface area contributed by atoms with Crippen molar-refractivity contribution in [3.8, 4) is 22.8 Å². The highest BCUT2D eigenvalue weighted by atomic mass is 35.5. The highest BCUT2D eigenvalue weighted by Gasteiger charge is 2.30. The van der Waals surface area contributed by atoms with Crippen LogP contribution in [0.5, 0.6) is 0 Å². The molecule has 2 fully saturated rings. The van der Waals surface area contributed by atoms with E-state index in [1.807, 2.05) is 6.92 Å². The quantitative estimate of drug-likeness (QED) is 0.0994. The van der Waals surface area contributed by atoms with E-state index in [9.17, 15) is 25.6 Å². The molecule has 8 rings (SSSR count). The summed E-state index contributed by atoms with van der Waals surface area (Å²) in [5, 5.41) is 8.54. The summed E-state index contributed by atoms with van der Waals surface area (Å²) in [5.74, 6) is -0.277. The van der Waals surface area contributed by atoms with Gasteiger partial charge in [-0.3, -0.25) is 0 Å². The van der Waals surface area contributed by atoms with Gasteiger partial charge in [0.25, 0.3) is 0 Å². The molecule has 0 aromatic carbocycles. The van der Waals surface area contributed by atoms with Gasteiger partial charge in [-0.1, -0.05) is 36.5 Å². The van der Waals surface area contributed by atoms with Crippen molar-refractivity contribution in [2.45, 2.75) is 64.5 Å². The van der Waals surface area contributed by atoms with Crippen molar-refractivity contribution in [1.29, 1.82) is 0 Å². The summed E-state index contributed by atoms with van der Waals surface area (Å²) in [4.78, 5) is 31.4. The second-order valence-electron chi connectivity index (χ2n) is 14.5. The highest BCUT2D eigenvalue weighted by Crippen LogP contribution is 2.31. The van der Waals surface area contributed by atoms with E-state index in [1.165, 1.54) is 21.0 Å². The van der Waals surface area contributed by atoms with Gasteiger partial charge in [-0.05, 0) is 51.2 Å². The van der Waals surface area contributed by atoms with Gasteiger partial charge in [0.1, 0.15) is 11.3 Å². The third kappa shape index (κ3) is 9.95. The fraction of sp³-hybridized carbons (Fsp3) is 0.421. The number of rotatable bonds is 12. The summed E-state index contributed by atoms with van der Waals surface area (Å²) in [6.45, 7) is 5.12. The molecule has 6 aromatic rings. The molecule has 2 saturated heterocycles. The van der Waals surface area contributed by atoms with Crippen molar-refractivity contribution in [2.24, 2.45) is 0 Å². The second kappa shape index (κ2) is 18.6. The molecule has 2 aliphatic heterocycles. The molecule has 320 valence electrons. The Bertz CT molecular complexity index is 2710. The zero-order valence-corrected chi connectivity index (χ0v) is 35.9. The molecule has 8 heterocycles. The van der Waals surface area contributed by atoms with Gasteiger partial charge in [0.15, 0.2) is 34.9 Å². The Morgan fingerprint density at radius 1 is 0.717 bits per heavy atom. The first-order chi connectivity index (χ1) is 28.7. The van der Waals surface area contributed by atoms with Gasteiger partial charge < -0.3 is 20.6 Å². The molecule has 0 unspecified atom stereocenters. The largest absolute Gasteiger partial charge is 0.363 e. The average Bonchev–Trinajstić information content (AvgIpc) is 3.86. The van der Waals surface area contributed by atoms with Crippen LogP contribution in [0.4, 0.5) is 20.4 Å². The fourth-order valence-corrected chi connectivity index (χ4v) is 10.4. The van der Waals surface area contributed by atoms with Crippen molar-refractivity contribution in [2.75, 3.05) is 48.3 Å². The molecule has 0 spiro atoms. The lowest BCUT2D eigenvalue weighted by Crippen LogP contribution is -2.46. The third-order valence-corrected chi connectivity index (χ3v) is 14.5. The number of aromatic amines is 2. The Kier molecular flexibility index (Phi) is 13.5. The Balaban J connectivity index is 0.000000182. The van der Waals surface area contributed by atoms with Crippen LogP contribution in [0.3, 0.4) is 0 Å². The highest BCUT2D eigenvalue weighted by molar-refractivity contribution is 7.89. The Morgan fingerprint density at radius 3 is 1.63 bits per heavy atom. The van der Waals surface area contributed by atoms with E-state index in [0.29, 0.717) is 76.5 Å². The van der Waals surface area contributed by atoms with Gasteiger partial charge in [0.2, 0.25) is 20.0 Å². The summed E-state index contributed by atoms with van der Waals surface area (Å²) in [7, 11) is -6.59. The predicted molar refractivity (Wildman–Crippen MR) is 229 cm³/mol. The van der Waals surface area contributed by atoms with Crippen LogP contribution in [0.25, 0.3) is 44.8 Å². The van der Waals surface area contributed by atoms with Crippen LogP contribution in [0.2, 0.25) is 10.0 Å². The smallest absolute Gasteiger partial charge is 0.214 e. The lowest BCUT2D eigenvalue weighted by molar-refractivity contribution is 0.326. The van der Waals surface area contributed by atoms with E-state index in [4.69, 9.17) is 23.2 Å². The summed E-state index contributed by atoms with van der Waals surface area (Å²) >= 11 is 12.1. The summed E-state index contributed by atoms with van der Waals surface area (Å²) < 4.78 is 81.2. The van der Waals surface area contributed by atoms with E-state index >= 15 is 0 Å². The maximum Gasteiger partial charge on any atom is 0.214 e. The van der Waals surface area contributed by atoms with Crippen LogP contribution < -0.4 is 10.6 Å². The van der Waals surface area contributed by atoms with Crippen molar-refractivity contribution in [3.05, 3.63) is 71.0 Å². The van der Waals surface area contributed by atoms with Crippen LogP contribution in [0.15, 0.2) is 49.3 Å². The normalized spacial score (nSPS) is 18.0. The molecule has 22 heteroatoms. The van der Waals surface area contributed by atoms with Gasteiger partial charge in [0, 0.05) is 84.9 Å². The van der Waals surface area contributed by atoms with Gasteiger partial charge >= 0.3 is 0 Å². The third-order valence-electron chi connectivity index (χ3n) is 10.3. The topological polar surface area (TPSA) is 208 Å². The zero-order valence-electron chi connectivity index (χ0n) is 32.8. The van der Waals surface area contributed by atoms with Gasteiger partial charge in [0.05, 0.1) is 33.9 Å². The first-order valence-corrected chi connectivity index (χ1v) is 23.5. The predicted octanol–water partition coefficient (Wildman–Crippen LogP) is 6.86. The first-order valence-electron chi connectivity index (χ1n) is 19.5. The molecule has 16 nitrogen and oxygen atoms in total. The molecule has 60 heavy (non-hydrogen) atoms. The average molecular weight is 906 g/mol. The Morgan fingerprint density at radius 2 is 1.18 bits per heavy atom. The number of nitrogens with zero attached hydrogens (tertiary/aromatic N) is 8. The van der Waals surface area contributed by atoms with E-state index in [-0.39, 0.29) is 48.3 Å². The summed E-state index contributed by atoms with van der Waals surface area (Å²) in [6, 6.07) is 3.02. The molecule has 0 saturated carbocycles. The number of sulfonamides is 2. The molecule has 0 bridgehead atoms. The number of H-pyrrole nitrogens is 2. The van der Waals surface area contributed by atoms with E-state index < -0.39 is 31.7 Å². The number of aromatic nitrogens is 8. The van der Waals surface area contributed by atoms with Crippen molar-refractivity contribution >= 4 is 77.0 Å². The standard InChI is InChI=1S/C20H24ClFN6O2S.C18H20ClFN6O2S/c1-2-3-7-31(29,30)28-6-4-5-14(12-28)26-20-17(22)11-25-19(27-20)16-10-24-18-15(16)8-13(21)9-23-18;1-2-29(27,28)26-5-3-4-12(10-26)24-18-15(20)9-23-17(25-18)14-8-22-16-13(14)6-11(19)7-21-16/h8-11,14H,2-7,12H2,1H3,(H,23,24)(H,25,26,27);6-9,12H,2-5,10H2,1H3,(H,21,22)(H,23,24,25)/t14-;12-/m00/s1. The van der Waals surface area contributed by atoms with Crippen molar-refractivity contribution < 1.29 is 25.6 Å². The number of halogens is 4. The van der Waals surface area contributed by atoms with Crippen LogP contribution >= 0.6 is 23.2 Å². The van der Waals surface area contributed by atoms with Crippen molar-refractivity contribution in [1.82, 2.24) is 48.5 Å². The summed E-state index contributed by atoms with van der Waals surface area (Å²) in [6.07, 6.45) is 13.0. The fourth-order valence-electron chi connectivity index (χ4n) is 7.17. The summed E-state index contributed by atoms with van der Waals surface area (Å²) in [5.41, 5.74) is 2.55. The SMILES string of the molecule is CCCCS(=O)(=O)N1CCC[C@H](Nc2nc(-c3c[nH]c4ncc(Cl)cc34)ncc2F)C1.CCS(=O)(=O)N1CCC[C@H](Nc2nc(-c3c[nH]c4ncc(Cl)cc34)ncc2F)C1. The lowest BCUT2D eigenvalue weighted by Gasteiger charge is -2.32. The molecule has 6 aromatic heterocycles. The van der Waals surface area contributed by atoms with Gasteiger partial charge in [-0.25, -0.2) is 55.5 Å². The van der Waals surface area contributed by atoms with Crippen molar-refractivity contribution in [3.63, 3.8) is 0 Å². The maximum atomic E-state index is 14.5. The van der Waals surface area contributed by atoms with Crippen LogP contribution in [0.1, 0.15) is 52.4 Å². The van der Waals surface area contributed by atoms with Gasteiger partial charge in [-0.15, -0.1) is 0 Å². The zero-order chi connectivity index (χ0) is 42.6. The minimum atomic E-state index is -3.31. The Hall–Kier alpha value is -4.60. The van der Waals surface area contributed by atoms with Crippen LogP contribution in [-0.2, 0) is 20.0 Å². The van der Waals surface area contributed by atoms with E-state index in [1.54, 1.807) is 31.5 Å². The molecule has 2 aliphatic rings. The molecular formula is C38H44Cl2F2N12O4S2. The van der Waals surface area contributed by atoms with Gasteiger partial charge in [-0.2, -0.15) is 8.61 Å². The molecule has 2 atom stereocenters. The minimum Gasteiger partial charge on any atom is -0.363 e. The van der Waals surface area contributed by atoms with Crippen LogP contribution in [0, 0.1) is 11.6 Å². The second-order valence-corrected chi connectivity index (χ2v) is 19.8. The molecule has 4 N–H and O–H groups in total. The number of anilines is 2. The number of unbranched alkanes of at least 4 members (excludes halogenated alkanes) is 1. The number of hydrogen-bond donors (Lipinski definition) is 4. The Labute approximate surface area is 356 Å². The lowest BCUT2D eigenvalue weighted by atomic mass is 10.1. The van der Waals surface area contributed by atoms with E-state index in [2.05, 4.69) is 50.5 Å².